The van der Waals surface area contributed by atoms with Crippen LogP contribution in [0.2, 0.25) is 0 Å². The Kier molecular flexibility index (Phi) is 5.51. The number of rotatable bonds is 6. The maximum atomic E-state index is 9.81. The first-order chi connectivity index (χ1) is 5.60. The Morgan fingerprint density at radius 2 is 1.50 bits per heavy atom. The van der Waals surface area contributed by atoms with E-state index in [9.17, 15) is 5.11 Å². The van der Waals surface area contributed by atoms with Crippen LogP contribution in [-0.4, -0.2) is 36.0 Å². The first-order valence-corrected chi connectivity index (χ1v) is 5.13. The molecular formula is C10H24NO+. The third kappa shape index (κ3) is 3.11. The van der Waals surface area contributed by atoms with Crippen molar-refractivity contribution in [3.63, 3.8) is 0 Å². The van der Waals surface area contributed by atoms with Crippen LogP contribution in [0.4, 0.5) is 0 Å². The van der Waals surface area contributed by atoms with Crippen molar-refractivity contribution in [1.29, 1.82) is 0 Å². The van der Waals surface area contributed by atoms with Gasteiger partial charge in [-0.1, -0.05) is 20.8 Å². The summed E-state index contributed by atoms with van der Waals surface area (Å²) >= 11 is 0. The fourth-order valence-corrected chi connectivity index (χ4v) is 1.87. The van der Waals surface area contributed by atoms with Crippen molar-refractivity contribution in [3.05, 3.63) is 0 Å². The molecule has 0 fully saturated rings. The van der Waals surface area contributed by atoms with Crippen molar-refractivity contribution in [2.45, 2.75) is 46.3 Å². The quantitative estimate of drug-likeness (QED) is 0.482. The summed E-state index contributed by atoms with van der Waals surface area (Å²) in [7, 11) is 2.15. The number of aliphatic hydroxyl groups is 1. The lowest BCUT2D eigenvalue weighted by Gasteiger charge is -2.38. The molecule has 1 unspecified atom stereocenters. The lowest BCUT2D eigenvalue weighted by Crippen LogP contribution is -2.52. The molecular weight excluding hydrogens is 150 g/mol. The van der Waals surface area contributed by atoms with Crippen LogP contribution in [0.15, 0.2) is 0 Å². The van der Waals surface area contributed by atoms with E-state index in [1.165, 1.54) is 0 Å². The van der Waals surface area contributed by atoms with E-state index in [-0.39, 0.29) is 6.23 Å². The molecule has 0 aliphatic rings. The van der Waals surface area contributed by atoms with Crippen molar-refractivity contribution >= 4 is 0 Å². The Labute approximate surface area is 76.8 Å². The van der Waals surface area contributed by atoms with Crippen LogP contribution in [0.3, 0.4) is 0 Å². The van der Waals surface area contributed by atoms with E-state index >= 15 is 0 Å². The molecule has 2 nitrogen and oxygen atoms in total. The molecule has 74 valence electrons. The highest BCUT2D eigenvalue weighted by Gasteiger charge is 2.27. The van der Waals surface area contributed by atoms with Gasteiger partial charge in [0.25, 0.3) is 0 Å². The third-order valence-corrected chi connectivity index (χ3v) is 2.55. The Morgan fingerprint density at radius 3 is 1.75 bits per heavy atom. The van der Waals surface area contributed by atoms with E-state index < -0.39 is 0 Å². The lowest BCUT2D eigenvalue weighted by atomic mass is 10.2. The topological polar surface area (TPSA) is 20.2 Å². The molecule has 0 aromatic rings. The van der Waals surface area contributed by atoms with Gasteiger partial charge in [-0.05, 0) is 12.8 Å². The monoisotopic (exact) mass is 174 g/mol. The Hall–Kier alpha value is -0.0800. The van der Waals surface area contributed by atoms with E-state index in [1.807, 2.05) is 6.92 Å². The second-order valence-electron chi connectivity index (χ2n) is 3.82. The molecule has 1 atom stereocenters. The van der Waals surface area contributed by atoms with Gasteiger partial charge >= 0.3 is 0 Å². The molecule has 1 N–H and O–H groups in total. The SMILES string of the molecule is CCC[N+](C)(CCC)C(O)CC. The van der Waals surface area contributed by atoms with Crippen molar-refractivity contribution in [1.82, 2.24) is 0 Å². The van der Waals surface area contributed by atoms with E-state index in [2.05, 4.69) is 20.9 Å². The highest BCUT2D eigenvalue weighted by Crippen LogP contribution is 2.13. The van der Waals surface area contributed by atoms with E-state index in [0.717, 1.165) is 36.8 Å². The molecule has 0 bridgehead atoms. The van der Waals surface area contributed by atoms with Gasteiger partial charge in [-0.25, -0.2) is 0 Å². The van der Waals surface area contributed by atoms with E-state index in [4.69, 9.17) is 0 Å². The van der Waals surface area contributed by atoms with Crippen LogP contribution < -0.4 is 0 Å². The average molecular weight is 174 g/mol. The zero-order valence-electron chi connectivity index (χ0n) is 9.01. The molecule has 0 heterocycles. The molecule has 0 saturated heterocycles. The molecule has 2 heteroatoms. The normalized spacial score (nSPS) is 14.8. The van der Waals surface area contributed by atoms with E-state index in [1.54, 1.807) is 0 Å². The molecule has 0 spiro atoms. The molecule has 0 amide bonds. The summed E-state index contributed by atoms with van der Waals surface area (Å²) in [4.78, 5) is 0. The number of hydrogen-bond acceptors (Lipinski definition) is 1. The smallest absolute Gasteiger partial charge is 0.190 e. The van der Waals surface area contributed by atoms with Crippen LogP contribution in [0.5, 0.6) is 0 Å². The minimum atomic E-state index is -0.176. The van der Waals surface area contributed by atoms with Gasteiger partial charge in [0.2, 0.25) is 0 Å². The summed E-state index contributed by atoms with van der Waals surface area (Å²) in [6, 6.07) is 0. The van der Waals surface area contributed by atoms with Gasteiger partial charge in [-0.15, -0.1) is 0 Å². The largest absolute Gasteiger partial charge is 0.345 e. The fraction of sp³-hybridized carbons (Fsp3) is 1.00. The predicted molar refractivity (Wildman–Crippen MR) is 52.8 cm³/mol. The van der Waals surface area contributed by atoms with Crippen LogP contribution in [0.25, 0.3) is 0 Å². The van der Waals surface area contributed by atoms with Gasteiger partial charge < -0.3 is 9.59 Å². The molecule has 0 saturated carbocycles. The predicted octanol–water partition coefficient (Wildman–Crippen LogP) is 1.98. The molecule has 0 aliphatic heterocycles. The number of nitrogens with zero attached hydrogens (tertiary/aromatic N) is 1. The number of quaternary nitrogens is 1. The summed E-state index contributed by atoms with van der Waals surface area (Å²) in [5.41, 5.74) is 0. The summed E-state index contributed by atoms with van der Waals surface area (Å²) in [6.45, 7) is 8.57. The second-order valence-corrected chi connectivity index (χ2v) is 3.82. The zero-order chi connectivity index (χ0) is 9.61. The summed E-state index contributed by atoms with van der Waals surface area (Å²) in [6.07, 6.45) is 2.97. The first kappa shape index (κ1) is 11.9. The Morgan fingerprint density at radius 1 is 1.08 bits per heavy atom. The van der Waals surface area contributed by atoms with Gasteiger partial charge in [0, 0.05) is 6.42 Å². The average Bonchev–Trinajstić information content (AvgIpc) is 2.04. The highest BCUT2D eigenvalue weighted by molar-refractivity contribution is 4.43. The van der Waals surface area contributed by atoms with Crippen molar-refractivity contribution in [2.24, 2.45) is 0 Å². The number of aliphatic hydroxyl groups excluding tert-OH is 1. The fourth-order valence-electron chi connectivity index (χ4n) is 1.87. The molecule has 0 aromatic carbocycles. The summed E-state index contributed by atoms with van der Waals surface area (Å²) in [5.74, 6) is 0. The van der Waals surface area contributed by atoms with Crippen molar-refractivity contribution in [2.75, 3.05) is 20.1 Å². The maximum Gasteiger partial charge on any atom is 0.190 e. The molecule has 0 rings (SSSR count). The Bertz CT molecular complexity index is 108. The number of hydrogen-bond donors (Lipinski definition) is 1. The Balaban J connectivity index is 4.15. The van der Waals surface area contributed by atoms with Crippen LogP contribution in [0.1, 0.15) is 40.0 Å². The lowest BCUT2D eigenvalue weighted by molar-refractivity contribution is -0.954. The second kappa shape index (κ2) is 5.55. The van der Waals surface area contributed by atoms with Gasteiger partial charge in [-0.3, -0.25) is 0 Å². The van der Waals surface area contributed by atoms with Crippen molar-refractivity contribution in [3.8, 4) is 0 Å². The van der Waals surface area contributed by atoms with Gasteiger partial charge in [0.1, 0.15) is 0 Å². The van der Waals surface area contributed by atoms with E-state index in [0.29, 0.717) is 0 Å². The first-order valence-electron chi connectivity index (χ1n) is 5.13. The van der Waals surface area contributed by atoms with Crippen LogP contribution >= 0.6 is 0 Å². The summed E-state index contributed by atoms with van der Waals surface area (Å²) < 4.78 is 0.823. The molecule has 12 heavy (non-hydrogen) atoms. The van der Waals surface area contributed by atoms with Crippen LogP contribution in [0, 0.1) is 0 Å². The minimum absolute atomic E-state index is 0.176. The molecule has 0 aromatic heterocycles. The van der Waals surface area contributed by atoms with Crippen molar-refractivity contribution < 1.29 is 9.59 Å². The highest BCUT2D eigenvalue weighted by atomic mass is 16.3. The summed E-state index contributed by atoms with van der Waals surface area (Å²) in [5, 5.41) is 9.81. The third-order valence-electron chi connectivity index (χ3n) is 2.55. The standard InChI is InChI=1S/C10H24NO/c1-5-8-11(4,9-6-2)10(12)7-3/h10,12H,5-9H2,1-4H3/q+1. The maximum absolute atomic E-state index is 9.81. The molecule has 0 aliphatic carbocycles. The van der Waals surface area contributed by atoms with Gasteiger partial charge in [0.15, 0.2) is 6.23 Å². The minimum Gasteiger partial charge on any atom is -0.345 e. The van der Waals surface area contributed by atoms with Gasteiger partial charge in [0.05, 0.1) is 20.1 Å². The van der Waals surface area contributed by atoms with Crippen LogP contribution in [-0.2, 0) is 0 Å². The van der Waals surface area contributed by atoms with Gasteiger partial charge in [-0.2, -0.15) is 0 Å². The zero-order valence-corrected chi connectivity index (χ0v) is 9.01. The molecule has 0 radical (unpaired) electrons.